The van der Waals surface area contributed by atoms with Gasteiger partial charge in [-0.3, -0.25) is 0 Å². The molecule has 0 aliphatic heterocycles. The molecule has 3 aromatic carbocycles. The summed E-state index contributed by atoms with van der Waals surface area (Å²) < 4.78 is 29.2. The minimum absolute atomic E-state index is 0.328. The van der Waals surface area contributed by atoms with Gasteiger partial charge in [0.05, 0.1) is 11.4 Å². The zero-order valence-electron chi connectivity index (χ0n) is 18.5. The van der Waals surface area contributed by atoms with Crippen molar-refractivity contribution in [3.63, 3.8) is 0 Å². The lowest BCUT2D eigenvalue weighted by molar-refractivity contribution is 0.631. The van der Waals surface area contributed by atoms with Crippen LogP contribution < -0.4 is 10.6 Å². The molecule has 2 heterocycles. The fourth-order valence-corrected chi connectivity index (χ4v) is 6.45. The number of halogens is 2. The average molecular weight is 557 g/mol. The van der Waals surface area contributed by atoms with E-state index in [9.17, 15) is 8.78 Å². The molecule has 0 aliphatic rings. The predicted octanol–water partition coefficient (Wildman–Crippen LogP) is 7.74. The lowest BCUT2D eigenvalue weighted by Gasteiger charge is -2.03. The van der Waals surface area contributed by atoms with Crippen molar-refractivity contribution in [3.05, 3.63) is 95.6 Å². The van der Waals surface area contributed by atoms with Crippen molar-refractivity contribution in [3.8, 4) is 0 Å². The molecule has 0 bridgehead atoms. The Morgan fingerprint density at radius 3 is 1.42 bits per heavy atom. The Balaban J connectivity index is 1.09. The summed E-state index contributed by atoms with van der Waals surface area (Å²) in [4.78, 5) is 0. The molecule has 0 radical (unpaired) electrons. The Hall–Kier alpha value is -3.06. The normalized spacial score (nSPS) is 10.9. The highest BCUT2D eigenvalue weighted by atomic mass is 32.2. The van der Waals surface area contributed by atoms with Gasteiger partial charge < -0.3 is 10.6 Å². The number of aromatic nitrogens is 4. The summed E-state index contributed by atoms with van der Waals surface area (Å²) in [5.41, 5.74) is 3.09. The highest BCUT2D eigenvalue weighted by Gasteiger charge is 2.10. The van der Waals surface area contributed by atoms with E-state index in [0.29, 0.717) is 21.6 Å². The molecule has 2 N–H and O–H groups in total. The molecule has 2 aromatic heterocycles. The molecule has 6 nitrogen and oxygen atoms in total. The molecule has 182 valence electrons. The average Bonchev–Trinajstić information content (AvgIpc) is 3.54. The molecule has 0 saturated heterocycles. The van der Waals surface area contributed by atoms with E-state index in [0.717, 1.165) is 20.2 Å². The van der Waals surface area contributed by atoms with Crippen LogP contribution in [0.5, 0.6) is 0 Å². The van der Waals surface area contributed by atoms with Gasteiger partial charge in [0.2, 0.25) is 10.3 Å². The highest BCUT2D eigenvalue weighted by molar-refractivity contribution is 8.00. The molecule has 12 heteroatoms. The first-order valence-electron chi connectivity index (χ1n) is 10.7. The fraction of sp³-hybridized carbons (Fsp3) is 0.0833. The van der Waals surface area contributed by atoms with Crippen molar-refractivity contribution in [2.24, 2.45) is 0 Å². The van der Waals surface area contributed by atoms with Gasteiger partial charge in [0.1, 0.15) is 11.6 Å². The van der Waals surface area contributed by atoms with Crippen molar-refractivity contribution in [2.45, 2.75) is 20.2 Å². The van der Waals surface area contributed by atoms with E-state index in [4.69, 9.17) is 0 Å². The number of hydrogen-bond acceptors (Lipinski definition) is 10. The van der Waals surface area contributed by atoms with E-state index in [1.54, 1.807) is 59.9 Å². The fourth-order valence-electron chi connectivity index (χ4n) is 3.01. The molecule has 0 fully saturated rings. The van der Waals surface area contributed by atoms with Crippen LogP contribution in [0.1, 0.15) is 11.1 Å². The number of anilines is 4. The number of rotatable bonds is 10. The van der Waals surface area contributed by atoms with Gasteiger partial charge in [0, 0.05) is 11.5 Å². The summed E-state index contributed by atoms with van der Waals surface area (Å²) in [5.74, 6) is 0.851. The van der Waals surface area contributed by atoms with E-state index in [1.165, 1.54) is 45.9 Å². The van der Waals surface area contributed by atoms with Crippen molar-refractivity contribution < 1.29 is 8.78 Å². The van der Waals surface area contributed by atoms with Crippen LogP contribution >= 0.6 is 46.2 Å². The maximum absolute atomic E-state index is 13.8. The Kier molecular flexibility index (Phi) is 8.06. The standard InChI is InChI=1S/C24H18F2N6S4/c25-17-5-1-3-7-19(17)27-21-29-31-23(35-21)33-13-15-9-11-16(12-10-15)14-34-24-32-30-22(36-24)28-20-8-4-2-6-18(20)26/h1-12H,13-14H2,(H,27,29)(H,28,30). The number of para-hydroxylation sites is 2. The first-order chi connectivity index (χ1) is 17.6. The minimum Gasteiger partial charge on any atom is -0.328 e. The maximum Gasteiger partial charge on any atom is 0.210 e. The maximum atomic E-state index is 13.8. The van der Waals surface area contributed by atoms with Crippen molar-refractivity contribution in [1.29, 1.82) is 0 Å². The topological polar surface area (TPSA) is 75.6 Å². The zero-order valence-corrected chi connectivity index (χ0v) is 21.8. The van der Waals surface area contributed by atoms with Crippen LogP contribution in [-0.2, 0) is 11.5 Å². The summed E-state index contributed by atoms with van der Waals surface area (Å²) in [7, 11) is 0. The number of nitrogens with one attached hydrogen (secondary N) is 2. The number of hydrogen-bond donors (Lipinski definition) is 2. The van der Waals surface area contributed by atoms with Crippen molar-refractivity contribution >= 4 is 67.8 Å². The first-order valence-corrected chi connectivity index (χ1v) is 14.3. The SMILES string of the molecule is Fc1ccccc1Nc1nnc(SCc2ccc(CSc3nnc(Nc4ccccc4F)s3)cc2)s1. The van der Waals surface area contributed by atoms with Crippen LogP contribution in [0.4, 0.5) is 30.4 Å². The van der Waals surface area contributed by atoms with Gasteiger partial charge in [0.15, 0.2) is 8.68 Å². The predicted molar refractivity (Wildman–Crippen MR) is 145 cm³/mol. The van der Waals surface area contributed by atoms with Crippen LogP contribution in [0.2, 0.25) is 0 Å². The summed E-state index contributed by atoms with van der Waals surface area (Å²) in [5, 5.41) is 23.6. The van der Waals surface area contributed by atoms with E-state index >= 15 is 0 Å². The molecule has 0 spiro atoms. The molecule has 5 aromatic rings. The molecule has 0 saturated carbocycles. The van der Waals surface area contributed by atoms with Gasteiger partial charge in [0.25, 0.3) is 0 Å². The first kappa shape index (κ1) is 24.6. The van der Waals surface area contributed by atoms with E-state index < -0.39 is 0 Å². The van der Waals surface area contributed by atoms with Gasteiger partial charge in [-0.1, -0.05) is 94.7 Å². The lowest BCUT2D eigenvalue weighted by Crippen LogP contribution is -1.92. The van der Waals surface area contributed by atoms with Gasteiger partial charge in [-0.2, -0.15) is 0 Å². The second-order valence-electron chi connectivity index (χ2n) is 7.35. The van der Waals surface area contributed by atoms with E-state index in [1.807, 2.05) is 0 Å². The molecular formula is C24H18F2N6S4. The van der Waals surface area contributed by atoms with Gasteiger partial charge in [-0.25, -0.2) is 8.78 Å². The molecular weight excluding hydrogens is 539 g/mol. The van der Waals surface area contributed by atoms with Gasteiger partial charge in [-0.05, 0) is 35.4 Å². The number of nitrogens with zero attached hydrogens (tertiary/aromatic N) is 4. The summed E-state index contributed by atoms with van der Waals surface area (Å²) in [6, 6.07) is 21.3. The molecule has 0 aliphatic carbocycles. The van der Waals surface area contributed by atoms with Crippen molar-refractivity contribution in [1.82, 2.24) is 20.4 Å². The third-order valence-electron chi connectivity index (χ3n) is 4.79. The number of benzene rings is 3. The Morgan fingerprint density at radius 2 is 1.00 bits per heavy atom. The third-order valence-corrected chi connectivity index (χ3v) is 8.88. The summed E-state index contributed by atoms with van der Waals surface area (Å²) in [6.07, 6.45) is 0. The second-order valence-corrected chi connectivity index (χ2v) is 11.7. The number of thioether (sulfide) groups is 2. The van der Waals surface area contributed by atoms with E-state index in [-0.39, 0.29) is 11.6 Å². The molecule has 36 heavy (non-hydrogen) atoms. The molecule has 0 amide bonds. The van der Waals surface area contributed by atoms with Crippen LogP contribution in [0.3, 0.4) is 0 Å². The summed E-state index contributed by atoms with van der Waals surface area (Å²) >= 11 is 5.95. The van der Waals surface area contributed by atoms with Crippen molar-refractivity contribution in [2.75, 3.05) is 10.6 Å². The Labute approximate surface area is 222 Å². The minimum atomic E-state index is -0.328. The quantitative estimate of drug-likeness (QED) is 0.169. The van der Waals surface area contributed by atoms with Crippen LogP contribution in [-0.4, -0.2) is 20.4 Å². The third kappa shape index (κ3) is 6.58. The lowest BCUT2D eigenvalue weighted by atomic mass is 10.2. The Morgan fingerprint density at radius 1 is 0.583 bits per heavy atom. The van der Waals surface area contributed by atoms with Crippen LogP contribution in [0, 0.1) is 11.6 Å². The monoisotopic (exact) mass is 556 g/mol. The van der Waals surface area contributed by atoms with Crippen LogP contribution in [0.15, 0.2) is 81.5 Å². The highest BCUT2D eigenvalue weighted by Crippen LogP contribution is 2.32. The Bertz CT molecular complexity index is 1330. The molecule has 5 rings (SSSR count). The van der Waals surface area contributed by atoms with Crippen LogP contribution in [0.25, 0.3) is 0 Å². The molecule has 0 atom stereocenters. The van der Waals surface area contributed by atoms with Gasteiger partial charge >= 0.3 is 0 Å². The zero-order chi connectivity index (χ0) is 24.7. The van der Waals surface area contributed by atoms with Gasteiger partial charge in [-0.15, -0.1) is 20.4 Å². The summed E-state index contributed by atoms with van der Waals surface area (Å²) in [6.45, 7) is 0. The molecule has 0 unspecified atom stereocenters. The smallest absolute Gasteiger partial charge is 0.210 e. The van der Waals surface area contributed by atoms with E-state index in [2.05, 4.69) is 55.3 Å². The second kappa shape index (κ2) is 11.8. The largest absolute Gasteiger partial charge is 0.328 e.